The van der Waals surface area contributed by atoms with Crippen molar-refractivity contribution in [3.8, 4) is 0 Å². The Kier molecular flexibility index (Phi) is 9.25. The van der Waals surface area contributed by atoms with E-state index in [0.717, 1.165) is 16.8 Å². The van der Waals surface area contributed by atoms with Gasteiger partial charge in [-0.3, -0.25) is 9.59 Å². The number of thioether (sulfide) groups is 1. The largest absolute Gasteiger partial charge is 0.342 e. The Labute approximate surface area is 211 Å². The van der Waals surface area contributed by atoms with Crippen molar-refractivity contribution in [1.82, 2.24) is 20.1 Å². The van der Waals surface area contributed by atoms with Crippen LogP contribution in [0.2, 0.25) is 0 Å². The van der Waals surface area contributed by atoms with Gasteiger partial charge in [-0.25, -0.2) is 0 Å². The highest BCUT2D eigenvalue weighted by Crippen LogP contribution is 2.26. The zero-order chi connectivity index (χ0) is 25.4. The molecule has 2 aromatic carbocycles. The highest BCUT2D eigenvalue weighted by atomic mass is 32.2. The van der Waals surface area contributed by atoms with Gasteiger partial charge in [-0.1, -0.05) is 62.0 Å². The van der Waals surface area contributed by atoms with E-state index in [0.29, 0.717) is 35.4 Å². The van der Waals surface area contributed by atoms with Gasteiger partial charge in [0.05, 0.1) is 11.8 Å². The number of carbonyl (C=O) groups is 2. The van der Waals surface area contributed by atoms with Crippen LogP contribution in [0, 0.1) is 19.8 Å². The summed E-state index contributed by atoms with van der Waals surface area (Å²) >= 11 is 1.31. The highest BCUT2D eigenvalue weighted by Gasteiger charge is 2.24. The van der Waals surface area contributed by atoms with Crippen molar-refractivity contribution in [3.05, 3.63) is 83.7 Å². The van der Waals surface area contributed by atoms with Crippen LogP contribution in [-0.4, -0.2) is 32.3 Å². The maximum atomic E-state index is 12.9. The quantitative estimate of drug-likeness (QED) is 0.280. The standard InChI is InChI=1S/C27H33N5O2S/c1-6-14-32-25(23(15-18(2)3)29-26(34)21-10-8-7-9-11-21)30-31-27(32)35-17-24(33)28-22-16-19(4)12-13-20(22)5/h6-13,16,18,23H,1,14-15,17H2,2-5H3,(H,28,33)(H,29,34). The number of aryl methyl sites for hydroxylation is 2. The van der Waals surface area contributed by atoms with E-state index in [9.17, 15) is 9.59 Å². The molecule has 1 unspecified atom stereocenters. The summed E-state index contributed by atoms with van der Waals surface area (Å²) in [6, 6.07) is 14.8. The van der Waals surface area contributed by atoms with E-state index >= 15 is 0 Å². The first kappa shape index (κ1) is 26.2. The molecule has 0 fully saturated rings. The lowest BCUT2D eigenvalue weighted by Gasteiger charge is -2.21. The molecule has 0 spiro atoms. The van der Waals surface area contributed by atoms with Crippen LogP contribution in [0.3, 0.4) is 0 Å². The molecule has 1 atom stereocenters. The van der Waals surface area contributed by atoms with E-state index in [1.165, 1.54) is 11.8 Å². The number of hydrogen-bond acceptors (Lipinski definition) is 5. The second-order valence-corrected chi connectivity index (χ2v) is 9.86. The number of anilines is 1. The van der Waals surface area contributed by atoms with Crippen molar-refractivity contribution in [3.63, 3.8) is 0 Å². The van der Waals surface area contributed by atoms with Gasteiger partial charge in [-0.05, 0) is 55.5 Å². The predicted molar refractivity (Wildman–Crippen MR) is 142 cm³/mol. The van der Waals surface area contributed by atoms with E-state index < -0.39 is 0 Å². The topological polar surface area (TPSA) is 88.9 Å². The minimum atomic E-state index is -0.326. The summed E-state index contributed by atoms with van der Waals surface area (Å²) in [7, 11) is 0. The molecule has 7 nitrogen and oxygen atoms in total. The van der Waals surface area contributed by atoms with E-state index in [-0.39, 0.29) is 23.6 Å². The molecule has 0 saturated carbocycles. The molecule has 1 heterocycles. The van der Waals surface area contributed by atoms with Crippen LogP contribution in [0.4, 0.5) is 5.69 Å². The molecule has 8 heteroatoms. The molecule has 2 N–H and O–H groups in total. The Morgan fingerprint density at radius 1 is 1.11 bits per heavy atom. The molecule has 1 aromatic heterocycles. The van der Waals surface area contributed by atoms with Crippen molar-refractivity contribution in [2.75, 3.05) is 11.1 Å². The molecule has 0 bridgehead atoms. The molecular weight excluding hydrogens is 458 g/mol. The number of rotatable bonds is 11. The normalized spacial score (nSPS) is 11.8. The maximum Gasteiger partial charge on any atom is 0.251 e. The van der Waals surface area contributed by atoms with Crippen molar-refractivity contribution in [2.24, 2.45) is 5.92 Å². The van der Waals surface area contributed by atoms with Crippen molar-refractivity contribution >= 4 is 29.3 Å². The van der Waals surface area contributed by atoms with Crippen molar-refractivity contribution in [1.29, 1.82) is 0 Å². The first-order chi connectivity index (χ1) is 16.8. The number of nitrogens with one attached hydrogen (secondary N) is 2. The van der Waals surface area contributed by atoms with Crippen LogP contribution in [0.25, 0.3) is 0 Å². The molecule has 3 rings (SSSR count). The summed E-state index contributed by atoms with van der Waals surface area (Å²) in [4.78, 5) is 25.5. The monoisotopic (exact) mass is 491 g/mol. The van der Waals surface area contributed by atoms with Crippen LogP contribution in [0.1, 0.15) is 53.6 Å². The first-order valence-corrected chi connectivity index (χ1v) is 12.7. The lowest BCUT2D eigenvalue weighted by atomic mass is 10.0. The van der Waals surface area contributed by atoms with Gasteiger partial charge in [-0.2, -0.15) is 0 Å². The number of allylic oxidation sites excluding steroid dienone is 1. The van der Waals surface area contributed by atoms with Gasteiger partial charge in [-0.15, -0.1) is 16.8 Å². The molecule has 0 saturated heterocycles. The zero-order valence-electron chi connectivity index (χ0n) is 20.7. The van der Waals surface area contributed by atoms with Crippen LogP contribution >= 0.6 is 11.8 Å². The zero-order valence-corrected chi connectivity index (χ0v) is 21.6. The minimum Gasteiger partial charge on any atom is -0.342 e. The molecule has 2 amide bonds. The Morgan fingerprint density at radius 3 is 2.54 bits per heavy atom. The number of amides is 2. The van der Waals surface area contributed by atoms with Gasteiger partial charge in [0.1, 0.15) is 0 Å². The summed E-state index contributed by atoms with van der Waals surface area (Å²) in [5.74, 6) is 0.888. The van der Waals surface area contributed by atoms with Gasteiger partial charge in [0.2, 0.25) is 5.91 Å². The van der Waals surface area contributed by atoms with Gasteiger partial charge in [0.15, 0.2) is 11.0 Å². The number of nitrogens with zero attached hydrogens (tertiary/aromatic N) is 3. The fraction of sp³-hybridized carbons (Fsp3) is 0.333. The average Bonchev–Trinajstić information content (AvgIpc) is 3.22. The minimum absolute atomic E-state index is 0.116. The molecule has 0 aliphatic carbocycles. The number of aromatic nitrogens is 3. The third-order valence-corrected chi connectivity index (χ3v) is 6.38. The molecule has 0 aliphatic heterocycles. The Balaban J connectivity index is 1.77. The van der Waals surface area contributed by atoms with Crippen molar-refractivity contribution in [2.45, 2.75) is 51.9 Å². The number of carbonyl (C=O) groups excluding carboxylic acids is 2. The maximum absolute atomic E-state index is 12.9. The van der Waals surface area contributed by atoms with E-state index in [2.05, 4.69) is 41.3 Å². The van der Waals surface area contributed by atoms with Crippen LogP contribution in [0.5, 0.6) is 0 Å². The SMILES string of the molecule is C=CCn1c(SCC(=O)Nc2cc(C)ccc2C)nnc1C(CC(C)C)NC(=O)c1ccccc1. The van der Waals surface area contributed by atoms with Crippen molar-refractivity contribution < 1.29 is 9.59 Å². The highest BCUT2D eigenvalue weighted by molar-refractivity contribution is 7.99. The second-order valence-electron chi connectivity index (χ2n) is 8.92. The molecule has 184 valence electrons. The molecule has 0 aliphatic rings. The summed E-state index contributed by atoms with van der Waals surface area (Å²) in [5.41, 5.74) is 3.50. The molecule has 0 radical (unpaired) electrons. The first-order valence-electron chi connectivity index (χ1n) is 11.7. The fourth-order valence-electron chi connectivity index (χ4n) is 3.68. The van der Waals surface area contributed by atoms with Crippen LogP contribution in [-0.2, 0) is 11.3 Å². The molecule has 35 heavy (non-hydrogen) atoms. The lowest BCUT2D eigenvalue weighted by Crippen LogP contribution is -2.31. The average molecular weight is 492 g/mol. The smallest absolute Gasteiger partial charge is 0.251 e. The number of hydrogen-bond donors (Lipinski definition) is 2. The third-order valence-electron chi connectivity index (χ3n) is 5.42. The Morgan fingerprint density at radius 2 is 1.86 bits per heavy atom. The molecule has 3 aromatic rings. The summed E-state index contributed by atoms with van der Waals surface area (Å²) < 4.78 is 1.92. The van der Waals surface area contributed by atoms with E-state index in [4.69, 9.17) is 0 Å². The third kappa shape index (κ3) is 7.29. The lowest BCUT2D eigenvalue weighted by molar-refractivity contribution is -0.113. The molecular formula is C27H33N5O2S. The Bertz CT molecular complexity index is 1170. The Hall–Kier alpha value is -3.39. The fourth-order valence-corrected chi connectivity index (χ4v) is 4.44. The van der Waals surface area contributed by atoms with Gasteiger partial charge >= 0.3 is 0 Å². The predicted octanol–water partition coefficient (Wildman–Crippen LogP) is 5.33. The van der Waals surface area contributed by atoms with Gasteiger partial charge in [0, 0.05) is 17.8 Å². The van der Waals surface area contributed by atoms with Gasteiger partial charge < -0.3 is 15.2 Å². The van der Waals surface area contributed by atoms with Crippen LogP contribution < -0.4 is 10.6 Å². The van der Waals surface area contributed by atoms with E-state index in [1.54, 1.807) is 18.2 Å². The second kappa shape index (κ2) is 12.4. The summed E-state index contributed by atoms with van der Waals surface area (Å²) in [6.45, 7) is 12.5. The van der Waals surface area contributed by atoms with E-state index in [1.807, 2.05) is 54.8 Å². The van der Waals surface area contributed by atoms with Gasteiger partial charge in [0.25, 0.3) is 5.91 Å². The summed E-state index contributed by atoms with van der Waals surface area (Å²) in [5, 5.41) is 15.5. The number of benzene rings is 2. The summed E-state index contributed by atoms with van der Waals surface area (Å²) in [6.07, 6.45) is 2.46. The van der Waals surface area contributed by atoms with Crippen LogP contribution in [0.15, 0.2) is 66.3 Å².